The van der Waals surface area contributed by atoms with Crippen molar-refractivity contribution in [2.75, 3.05) is 52.9 Å². The molecule has 0 aliphatic carbocycles. The SMILES string of the molecule is CN1CCN(CCCOc2ccc(SNCCc3c[nH]c4ccc(Cl)cc34)cc2)CC1. The van der Waals surface area contributed by atoms with Gasteiger partial charge in [0.25, 0.3) is 0 Å². The lowest BCUT2D eigenvalue weighted by atomic mass is 10.1. The average molecular weight is 459 g/mol. The number of fused-ring (bicyclic) bond motifs is 1. The van der Waals surface area contributed by atoms with Crippen molar-refractivity contribution in [3.05, 3.63) is 59.2 Å². The van der Waals surface area contributed by atoms with Crippen LogP contribution >= 0.6 is 23.5 Å². The number of nitrogens with one attached hydrogen (secondary N) is 2. The number of aromatic amines is 1. The molecule has 1 fully saturated rings. The lowest BCUT2D eigenvalue weighted by Gasteiger charge is -2.32. The second kappa shape index (κ2) is 11.2. The van der Waals surface area contributed by atoms with E-state index < -0.39 is 0 Å². The fraction of sp³-hybridized carbons (Fsp3) is 0.417. The highest BCUT2D eigenvalue weighted by molar-refractivity contribution is 7.97. The van der Waals surface area contributed by atoms with Gasteiger partial charge in [0.05, 0.1) is 6.61 Å². The van der Waals surface area contributed by atoms with Crippen LogP contribution in [0, 0.1) is 0 Å². The van der Waals surface area contributed by atoms with Crippen LogP contribution in [0.5, 0.6) is 5.75 Å². The Bertz CT molecular complexity index is 954. The van der Waals surface area contributed by atoms with E-state index in [-0.39, 0.29) is 0 Å². The summed E-state index contributed by atoms with van der Waals surface area (Å²) >= 11 is 7.79. The second-order valence-electron chi connectivity index (χ2n) is 8.07. The Morgan fingerprint density at radius 3 is 2.71 bits per heavy atom. The van der Waals surface area contributed by atoms with E-state index in [1.165, 1.54) is 42.0 Å². The summed E-state index contributed by atoms with van der Waals surface area (Å²) < 4.78 is 9.37. The molecule has 1 saturated heterocycles. The quantitative estimate of drug-likeness (QED) is 0.341. The zero-order valence-corrected chi connectivity index (χ0v) is 19.6. The number of rotatable bonds is 10. The number of nitrogens with zero attached hydrogens (tertiary/aromatic N) is 2. The highest BCUT2D eigenvalue weighted by Crippen LogP contribution is 2.23. The Labute approximate surface area is 194 Å². The molecule has 4 rings (SSSR count). The van der Waals surface area contributed by atoms with Crippen molar-refractivity contribution >= 4 is 34.5 Å². The Kier molecular flexibility index (Phi) is 8.16. The van der Waals surface area contributed by atoms with Crippen molar-refractivity contribution < 1.29 is 4.74 Å². The van der Waals surface area contributed by atoms with Crippen LogP contribution in [0.3, 0.4) is 0 Å². The molecule has 0 amide bonds. The summed E-state index contributed by atoms with van der Waals surface area (Å²) in [7, 11) is 2.19. The zero-order valence-electron chi connectivity index (χ0n) is 18.1. The maximum absolute atomic E-state index is 6.13. The van der Waals surface area contributed by atoms with Crippen molar-refractivity contribution in [2.24, 2.45) is 0 Å². The summed E-state index contributed by atoms with van der Waals surface area (Å²) in [6.45, 7) is 7.45. The van der Waals surface area contributed by atoms with Gasteiger partial charge in [-0.05, 0) is 79.9 Å². The Balaban J connectivity index is 1.13. The standard InChI is InChI=1S/C24H31ClN4OS/c1-28-12-14-29(15-13-28)11-2-16-30-21-4-6-22(7-5-21)31-27-10-9-19-18-26-24-8-3-20(25)17-23(19)24/h3-8,17-18,26-27H,2,9-16H2,1H3. The summed E-state index contributed by atoms with van der Waals surface area (Å²) in [5.74, 6) is 0.943. The largest absolute Gasteiger partial charge is 0.494 e. The molecule has 166 valence electrons. The smallest absolute Gasteiger partial charge is 0.119 e. The van der Waals surface area contributed by atoms with E-state index in [1.54, 1.807) is 11.9 Å². The molecule has 1 aliphatic rings. The lowest BCUT2D eigenvalue weighted by Crippen LogP contribution is -2.44. The van der Waals surface area contributed by atoms with Gasteiger partial charge in [0, 0.05) is 66.3 Å². The number of piperazine rings is 1. The number of benzene rings is 2. The Hall–Kier alpha value is -1.70. The monoisotopic (exact) mass is 458 g/mol. The summed E-state index contributed by atoms with van der Waals surface area (Å²) in [5.41, 5.74) is 2.41. The van der Waals surface area contributed by atoms with E-state index in [4.69, 9.17) is 16.3 Å². The van der Waals surface area contributed by atoms with E-state index in [9.17, 15) is 0 Å². The predicted molar refractivity (Wildman–Crippen MR) is 131 cm³/mol. The number of ether oxygens (including phenoxy) is 1. The van der Waals surface area contributed by atoms with Gasteiger partial charge < -0.3 is 19.5 Å². The number of aromatic nitrogens is 1. The van der Waals surface area contributed by atoms with Crippen molar-refractivity contribution in [3.8, 4) is 5.75 Å². The molecule has 0 saturated carbocycles. The average Bonchev–Trinajstić information content (AvgIpc) is 3.18. The minimum atomic E-state index is 0.770. The highest BCUT2D eigenvalue weighted by atomic mass is 35.5. The molecular weight excluding hydrogens is 428 g/mol. The van der Waals surface area contributed by atoms with E-state index in [0.29, 0.717) is 0 Å². The topological polar surface area (TPSA) is 43.5 Å². The molecule has 0 spiro atoms. The van der Waals surface area contributed by atoms with Crippen molar-refractivity contribution in [3.63, 3.8) is 0 Å². The molecule has 1 aromatic heterocycles. The summed E-state index contributed by atoms with van der Waals surface area (Å²) in [6, 6.07) is 14.3. The van der Waals surface area contributed by atoms with Crippen molar-refractivity contribution in [1.29, 1.82) is 0 Å². The van der Waals surface area contributed by atoms with Crippen LogP contribution in [0.1, 0.15) is 12.0 Å². The molecule has 31 heavy (non-hydrogen) atoms. The van der Waals surface area contributed by atoms with Gasteiger partial charge in [-0.1, -0.05) is 11.6 Å². The third kappa shape index (κ3) is 6.64. The van der Waals surface area contributed by atoms with Crippen LogP contribution in [0.2, 0.25) is 5.02 Å². The van der Waals surface area contributed by atoms with E-state index in [1.807, 2.05) is 18.2 Å². The van der Waals surface area contributed by atoms with E-state index in [2.05, 4.69) is 57.0 Å². The van der Waals surface area contributed by atoms with Crippen LogP contribution < -0.4 is 9.46 Å². The van der Waals surface area contributed by atoms with Gasteiger partial charge >= 0.3 is 0 Å². The first-order valence-corrected chi connectivity index (χ1v) is 12.2. The van der Waals surface area contributed by atoms with Crippen LogP contribution in [0.4, 0.5) is 0 Å². The van der Waals surface area contributed by atoms with Gasteiger partial charge in [-0.3, -0.25) is 4.72 Å². The van der Waals surface area contributed by atoms with Crippen molar-refractivity contribution in [2.45, 2.75) is 17.7 Å². The van der Waals surface area contributed by atoms with Crippen LogP contribution in [-0.2, 0) is 6.42 Å². The minimum absolute atomic E-state index is 0.770. The second-order valence-corrected chi connectivity index (χ2v) is 9.47. The van der Waals surface area contributed by atoms with Crippen LogP contribution in [0.25, 0.3) is 10.9 Å². The third-order valence-corrected chi connectivity index (χ3v) is 6.81. The molecule has 0 radical (unpaired) electrons. The molecular formula is C24H31ClN4OS. The fourth-order valence-corrected chi connectivity index (χ4v) is 4.65. The third-order valence-electron chi connectivity index (χ3n) is 5.72. The summed E-state index contributed by atoms with van der Waals surface area (Å²) in [4.78, 5) is 9.41. The molecule has 0 atom stereocenters. The highest BCUT2D eigenvalue weighted by Gasteiger charge is 2.12. The maximum atomic E-state index is 6.13. The van der Waals surface area contributed by atoms with Gasteiger partial charge in [-0.25, -0.2) is 0 Å². The number of hydrogen-bond donors (Lipinski definition) is 2. The van der Waals surface area contributed by atoms with E-state index in [0.717, 1.165) is 48.8 Å². The van der Waals surface area contributed by atoms with Gasteiger partial charge in [0.1, 0.15) is 5.75 Å². The number of likely N-dealkylation sites (N-methyl/N-ethyl adjacent to an activating group) is 1. The molecule has 5 nitrogen and oxygen atoms in total. The lowest BCUT2D eigenvalue weighted by molar-refractivity contribution is 0.145. The first kappa shape index (κ1) is 22.5. The summed E-state index contributed by atoms with van der Waals surface area (Å²) in [5, 5.41) is 1.98. The van der Waals surface area contributed by atoms with Gasteiger partial charge in [-0.2, -0.15) is 0 Å². The van der Waals surface area contributed by atoms with Gasteiger partial charge in [0.2, 0.25) is 0 Å². The van der Waals surface area contributed by atoms with Crippen LogP contribution in [-0.4, -0.2) is 67.7 Å². The van der Waals surface area contributed by atoms with E-state index >= 15 is 0 Å². The number of halogens is 1. The molecule has 7 heteroatoms. The predicted octanol–water partition coefficient (Wildman–Crippen LogP) is 4.68. The first-order valence-electron chi connectivity index (χ1n) is 11.0. The Morgan fingerprint density at radius 2 is 1.90 bits per heavy atom. The first-order chi connectivity index (χ1) is 15.2. The Morgan fingerprint density at radius 1 is 1.10 bits per heavy atom. The minimum Gasteiger partial charge on any atom is -0.494 e. The van der Waals surface area contributed by atoms with Crippen molar-refractivity contribution in [1.82, 2.24) is 19.5 Å². The normalized spacial score (nSPS) is 15.5. The maximum Gasteiger partial charge on any atom is 0.119 e. The molecule has 2 N–H and O–H groups in total. The van der Waals surface area contributed by atoms with Gasteiger partial charge in [-0.15, -0.1) is 0 Å². The van der Waals surface area contributed by atoms with Gasteiger partial charge in [0.15, 0.2) is 0 Å². The fourth-order valence-electron chi connectivity index (χ4n) is 3.83. The molecule has 2 aromatic carbocycles. The van der Waals surface area contributed by atoms with Crippen LogP contribution in [0.15, 0.2) is 53.6 Å². The molecule has 0 unspecified atom stereocenters. The molecule has 3 aromatic rings. The zero-order chi connectivity index (χ0) is 21.5. The summed E-state index contributed by atoms with van der Waals surface area (Å²) in [6.07, 6.45) is 4.09. The number of H-pyrrole nitrogens is 1. The molecule has 0 bridgehead atoms. The molecule has 1 aliphatic heterocycles. The number of hydrogen-bond acceptors (Lipinski definition) is 5. The molecule has 2 heterocycles.